The Hall–Kier alpha value is -1.47. The monoisotopic (exact) mass is 309 g/mol. The van der Waals surface area contributed by atoms with Crippen molar-refractivity contribution in [2.45, 2.75) is 46.2 Å². The Kier molecular flexibility index (Phi) is 6.33. The van der Waals surface area contributed by atoms with Crippen LogP contribution >= 0.6 is 0 Å². The van der Waals surface area contributed by atoms with Crippen molar-refractivity contribution in [3.05, 3.63) is 11.7 Å². The molecule has 1 aromatic heterocycles. The molecule has 1 aliphatic rings. The fourth-order valence-corrected chi connectivity index (χ4v) is 2.55. The van der Waals surface area contributed by atoms with Crippen molar-refractivity contribution in [1.29, 1.82) is 0 Å². The van der Waals surface area contributed by atoms with Crippen LogP contribution in [0.1, 0.15) is 38.9 Å². The molecule has 0 aromatic carbocycles. The Morgan fingerprint density at radius 3 is 2.59 bits per heavy atom. The van der Waals surface area contributed by atoms with Gasteiger partial charge in [-0.15, -0.1) is 0 Å². The van der Waals surface area contributed by atoms with E-state index in [9.17, 15) is 4.79 Å². The third-order valence-electron chi connectivity index (χ3n) is 3.62. The van der Waals surface area contributed by atoms with E-state index in [-0.39, 0.29) is 11.9 Å². The molecule has 0 radical (unpaired) electrons. The van der Waals surface area contributed by atoms with E-state index >= 15 is 0 Å². The van der Waals surface area contributed by atoms with Gasteiger partial charge in [0.25, 0.3) is 0 Å². The summed E-state index contributed by atoms with van der Waals surface area (Å²) in [6.45, 7) is 10.9. The Morgan fingerprint density at radius 1 is 1.27 bits per heavy atom. The lowest BCUT2D eigenvalue weighted by Gasteiger charge is -2.33. The minimum absolute atomic E-state index is 0.101. The maximum atomic E-state index is 11.8. The molecule has 7 heteroatoms. The highest BCUT2D eigenvalue weighted by atomic mass is 16.5. The Bertz CT molecular complexity index is 466. The lowest BCUT2D eigenvalue weighted by Crippen LogP contribution is -2.49. The van der Waals surface area contributed by atoms with Crippen molar-refractivity contribution in [1.82, 2.24) is 25.3 Å². The summed E-state index contributed by atoms with van der Waals surface area (Å²) in [5, 5.41) is 6.91. The second kappa shape index (κ2) is 8.24. The average molecular weight is 309 g/mol. The molecule has 1 aliphatic heterocycles. The molecular formula is C15H27N5O2. The van der Waals surface area contributed by atoms with Crippen LogP contribution < -0.4 is 5.32 Å². The van der Waals surface area contributed by atoms with E-state index in [0.717, 1.165) is 44.8 Å². The summed E-state index contributed by atoms with van der Waals surface area (Å²) in [5.74, 6) is 1.58. The molecule has 2 heterocycles. The number of amides is 1. The number of rotatable bonds is 7. The number of piperazine rings is 1. The van der Waals surface area contributed by atoms with E-state index in [4.69, 9.17) is 4.52 Å². The molecule has 0 aliphatic carbocycles. The van der Waals surface area contributed by atoms with Gasteiger partial charge in [0.15, 0.2) is 5.82 Å². The number of nitrogens with zero attached hydrogens (tertiary/aromatic N) is 4. The van der Waals surface area contributed by atoms with Crippen LogP contribution in [0, 0.1) is 0 Å². The number of carbonyl (C=O) groups excluding carboxylic acids is 1. The summed E-state index contributed by atoms with van der Waals surface area (Å²) in [4.78, 5) is 20.6. The Morgan fingerprint density at radius 2 is 1.95 bits per heavy atom. The largest absolute Gasteiger partial charge is 0.353 e. The molecule has 7 nitrogen and oxygen atoms in total. The summed E-state index contributed by atoms with van der Waals surface area (Å²) in [7, 11) is 0. The molecule has 1 aromatic rings. The molecule has 1 amide bonds. The fraction of sp³-hybridized carbons (Fsp3) is 0.800. The van der Waals surface area contributed by atoms with Crippen molar-refractivity contribution >= 4 is 5.91 Å². The summed E-state index contributed by atoms with van der Waals surface area (Å²) in [5.41, 5.74) is 0. The van der Waals surface area contributed by atoms with E-state index in [0.29, 0.717) is 19.0 Å². The van der Waals surface area contributed by atoms with Gasteiger partial charge in [-0.1, -0.05) is 12.1 Å². The van der Waals surface area contributed by atoms with Gasteiger partial charge in [-0.2, -0.15) is 4.98 Å². The second-order valence-corrected chi connectivity index (χ2v) is 6.13. The van der Waals surface area contributed by atoms with Gasteiger partial charge >= 0.3 is 0 Å². The molecule has 0 spiro atoms. The van der Waals surface area contributed by atoms with E-state index in [1.54, 1.807) is 0 Å². The van der Waals surface area contributed by atoms with Gasteiger partial charge in [0.05, 0.1) is 13.1 Å². The lowest BCUT2D eigenvalue weighted by atomic mass is 10.3. The van der Waals surface area contributed by atoms with Crippen molar-refractivity contribution in [3.63, 3.8) is 0 Å². The first-order valence-electron chi connectivity index (χ1n) is 8.12. The van der Waals surface area contributed by atoms with Crippen LogP contribution in [0.2, 0.25) is 0 Å². The molecule has 0 saturated carbocycles. The molecule has 1 N–H and O–H groups in total. The van der Waals surface area contributed by atoms with Crippen molar-refractivity contribution in [2.24, 2.45) is 0 Å². The van der Waals surface area contributed by atoms with Crippen LogP contribution in [-0.2, 0) is 17.8 Å². The summed E-state index contributed by atoms with van der Waals surface area (Å²) in [6.07, 6.45) is 1.89. The van der Waals surface area contributed by atoms with E-state index in [1.807, 2.05) is 13.8 Å². The number of hydrogen-bond donors (Lipinski definition) is 1. The van der Waals surface area contributed by atoms with Crippen LogP contribution in [0.4, 0.5) is 0 Å². The van der Waals surface area contributed by atoms with Crippen molar-refractivity contribution in [2.75, 3.05) is 32.7 Å². The quantitative estimate of drug-likeness (QED) is 0.798. The normalized spacial score (nSPS) is 17.1. The minimum atomic E-state index is 0.101. The summed E-state index contributed by atoms with van der Waals surface area (Å²) < 4.78 is 5.27. The third kappa shape index (κ3) is 5.38. The summed E-state index contributed by atoms with van der Waals surface area (Å²) >= 11 is 0. The second-order valence-electron chi connectivity index (χ2n) is 6.13. The van der Waals surface area contributed by atoms with Crippen molar-refractivity contribution in [3.8, 4) is 0 Å². The summed E-state index contributed by atoms with van der Waals surface area (Å²) in [6, 6.07) is 0.198. The smallest absolute Gasteiger partial charge is 0.240 e. The molecule has 0 bridgehead atoms. The van der Waals surface area contributed by atoms with Gasteiger partial charge in [-0.05, 0) is 20.3 Å². The fourth-order valence-electron chi connectivity index (χ4n) is 2.55. The number of hydrogen-bond acceptors (Lipinski definition) is 6. The highest BCUT2D eigenvalue weighted by molar-refractivity contribution is 5.78. The molecule has 0 atom stereocenters. The lowest BCUT2D eigenvalue weighted by molar-refractivity contribution is -0.123. The molecule has 124 valence electrons. The van der Waals surface area contributed by atoms with Crippen LogP contribution in [0.3, 0.4) is 0 Å². The molecule has 1 saturated heterocycles. The van der Waals surface area contributed by atoms with E-state index in [1.165, 1.54) is 0 Å². The standard InChI is InChI=1S/C15H27N5O2/c1-4-5-13-17-15(22-18-13)11-20-8-6-19(7-9-20)10-14(21)16-12(2)3/h12H,4-11H2,1-3H3,(H,16,21). The number of aromatic nitrogens is 2. The maximum Gasteiger partial charge on any atom is 0.240 e. The number of aryl methyl sites for hydroxylation is 1. The number of nitrogens with one attached hydrogen (secondary N) is 1. The van der Waals surface area contributed by atoms with Gasteiger partial charge < -0.3 is 9.84 Å². The zero-order valence-corrected chi connectivity index (χ0v) is 13.8. The SMILES string of the molecule is CCCc1noc(CN2CCN(CC(=O)NC(C)C)CC2)n1. The van der Waals surface area contributed by atoms with Gasteiger partial charge in [0, 0.05) is 38.6 Å². The third-order valence-corrected chi connectivity index (χ3v) is 3.62. The molecule has 1 fully saturated rings. The average Bonchev–Trinajstić information content (AvgIpc) is 2.88. The topological polar surface area (TPSA) is 74.5 Å². The van der Waals surface area contributed by atoms with Gasteiger partial charge in [0.1, 0.15) is 0 Å². The predicted molar refractivity (Wildman–Crippen MR) is 83.3 cm³/mol. The highest BCUT2D eigenvalue weighted by Crippen LogP contribution is 2.08. The zero-order chi connectivity index (χ0) is 15.9. The van der Waals surface area contributed by atoms with Crippen LogP contribution in [0.25, 0.3) is 0 Å². The van der Waals surface area contributed by atoms with Gasteiger partial charge in [0.2, 0.25) is 11.8 Å². The first-order chi connectivity index (χ1) is 10.6. The van der Waals surface area contributed by atoms with Crippen LogP contribution in [-0.4, -0.2) is 64.6 Å². The maximum absolute atomic E-state index is 11.8. The number of carbonyl (C=O) groups is 1. The minimum Gasteiger partial charge on any atom is -0.353 e. The Labute approximate surface area is 132 Å². The van der Waals surface area contributed by atoms with Crippen LogP contribution in [0.5, 0.6) is 0 Å². The van der Waals surface area contributed by atoms with Crippen molar-refractivity contribution < 1.29 is 9.32 Å². The molecule has 2 rings (SSSR count). The Balaban J connectivity index is 1.71. The van der Waals surface area contributed by atoms with Gasteiger partial charge in [-0.25, -0.2) is 0 Å². The van der Waals surface area contributed by atoms with Gasteiger partial charge in [-0.3, -0.25) is 14.6 Å². The zero-order valence-electron chi connectivity index (χ0n) is 13.8. The molecular weight excluding hydrogens is 282 g/mol. The van der Waals surface area contributed by atoms with Crippen LogP contribution in [0.15, 0.2) is 4.52 Å². The first kappa shape index (κ1) is 16.9. The molecule has 0 unspecified atom stereocenters. The van der Waals surface area contributed by atoms with E-state index < -0.39 is 0 Å². The predicted octanol–water partition coefficient (Wildman–Crippen LogP) is 0.664. The first-order valence-corrected chi connectivity index (χ1v) is 8.12. The highest BCUT2D eigenvalue weighted by Gasteiger charge is 2.20. The molecule has 22 heavy (non-hydrogen) atoms. The van der Waals surface area contributed by atoms with E-state index in [2.05, 4.69) is 32.2 Å².